The van der Waals surface area contributed by atoms with E-state index in [1.165, 1.54) is 25.1 Å². The van der Waals surface area contributed by atoms with Gasteiger partial charge < -0.3 is 9.84 Å². The van der Waals surface area contributed by atoms with E-state index in [4.69, 9.17) is 4.74 Å². The first-order valence-corrected chi connectivity index (χ1v) is 7.89. The summed E-state index contributed by atoms with van der Waals surface area (Å²) in [5.41, 5.74) is -2.73. The number of alkyl halides is 3. The summed E-state index contributed by atoms with van der Waals surface area (Å²) in [5, 5.41) is 10.2. The minimum absolute atomic E-state index is 0.144. The fourth-order valence-electron chi connectivity index (χ4n) is 2.32. The Hall–Kier alpha value is -1.23. The lowest BCUT2D eigenvalue weighted by Crippen LogP contribution is -2.41. The fraction of sp³-hybridized carbons (Fsp3) is 0.667. The number of ether oxygens (including phenoxy) is 1. The molecule has 0 radical (unpaired) electrons. The standard InChI is InChI=1S/C18H27F3O2/c1-7-17(22,18(19,20)21)13-8-9-15(23-11-12(2)3)14(10-13)16(4,5)6/h8-10,12,22H,7,11H2,1-6H3. The second-order valence-electron chi connectivity index (χ2n) is 7.38. The van der Waals surface area contributed by atoms with Crippen molar-refractivity contribution >= 4 is 0 Å². The van der Waals surface area contributed by atoms with Gasteiger partial charge in [-0.3, -0.25) is 0 Å². The first-order valence-electron chi connectivity index (χ1n) is 7.89. The maximum Gasteiger partial charge on any atom is 0.421 e. The summed E-state index contributed by atoms with van der Waals surface area (Å²) in [7, 11) is 0. The van der Waals surface area contributed by atoms with Crippen LogP contribution in [0, 0.1) is 5.92 Å². The van der Waals surface area contributed by atoms with Crippen LogP contribution in [0.2, 0.25) is 0 Å². The Labute approximate surface area is 136 Å². The summed E-state index contributed by atoms with van der Waals surface area (Å²) < 4.78 is 45.6. The Kier molecular flexibility index (Phi) is 5.79. The largest absolute Gasteiger partial charge is 0.493 e. The molecular weight excluding hydrogens is 305 g/mol. The van der Waals surface area contributed by atoms with Crippen molar-refractivity contribution in [3.8, 4) is 5.75 Å². The van der Waals surface area contributed by atoms with Crippen molar-refractivity contribution in [1.82, 2.24) is 0 Å². The van der Waals surface area contributed by atoms with E-state index in [2.05, 4.69) is 0 Å². The van der Waals surface area contributed by atoms with E-state index in [1.54, 1.807) is 0 Å². The lowest BCUT2D eigenvalue weighted by Gasteiger charge is -2.32. The second kappa shape index (κ2) is 6.71. The molecule has 1 N–H and O–H groups in total. The highest BCUT2D eigenvalue weighted by molar-refractivity contribution is 5.43. The number of benzene rings is 1. The minimum atomic E-state index is -4.72. The van der Waals surface area contributed by atoms with E-state index >= 15 is 0 Å². The maximum atomic E-state index is 13.3. The van der Waals surface area contributed by atoms with Crippen LogP contribution >= 0.6 is 0 Å². The Morgan fingerprint density at radius 2 is 1.70 bits per heavy atom. The average Bonchev–Trinajstić information content (AvgIpc) is 2.41. The first-order chi connectivity index (χ1) is 10.3. The van der Waals surface area contributed by atoms with Crippen LogP contribution in [-0.4, -0.2) is 17.9 Å². The SMILES string of the molecule is CCC(O)(c1ccc(OCC(C)C)c(C(C)(C)C)c1)C(F)(F)F. The van der Waals surface area contributed by atoms with Crippen molar-refractivity contribution in [2.45, 2.75) is 65.2 Å². The van der Waals surface area contributed by atoms with E-state index in [9.17, 15) is 18.3 Å². The molecule has 1 unspecified atom stereocenters. The van der Waals surface area contributed by atoms with E-state index in [-0.39, 0.29) is 5.56 Å². The molecular formula is C18H27F3O2. The highest BCUT2D eigenvalue weighted by Gasteiger charge is 2.53. The Morgan fingerprint density at radius 3 is 2.09 bits per heavy atom. The number of rotatable bonds is 5. The molecule has 23 heavy (non-hydrogen) atoms. The molecule has 132 valence electrons. The molecule has 0 spiro atoms. The van der Waals surface area contributed by atoms with Gasteiger partial charge in [0.1, 0.15) is 5.75 Å². The van der Waals surface area contributed by atoms with Crippen LogP contribution < -0.4 is 4.74 Å². The van der Waals surface area contributed by atoms with Crippen LogP contribution in [0.1, 0.15) is 59.1 Å². The highest BCUT2D eigenvalue weighted by Crippen LogP contribution is 2.44. The van der Waals surface area contributed by atoms with Crippen LogP contribution in [0.3, 0.4) is 0 Å². The van der Waals surface area contributed by atoms with Crippen LogP contribution in [0.15, 0.2) is 18.2 Å². The quantitative estimate of drug-likeness (QED) is 0.805. The lowest BCUT2D eigenvalue weighted by atomic mass is 9.81. The first kappa shape index (κ1) is 19.8. The highest BCUT2D eigenvalue weighted by atomic mass is 19.4. The molecule has 0 aliphatic carbocycles. The molecule has 0 saturated heterocycles. The predicted octanol–water partition coefficient (Wildman–Crippen LogP) is 5.18. The van der Waals surface area contributed by atoms with Gasteiger partial charge in [-0.1, -0.05) is 47.6 Å². The average molecular weight is 332 g/mol. The smallest absolute Gasteiger partial charge is 0.421 e. The van der Waals surface area contributed by atoms with Gasteiger partial charge in [0.05, 0.1) is 6.61 Å². The van der Waals surface area contributed by atoms with Gasteiger partial charge in [-0.25, -0.2) is 0 Å². The van der Waals surface area contributed by atoms with Crippen LogP contribution in [-0.2, 0) is 11.0 Å². The van der Waals surface area contributed by atoms with Gasteiger partial charge in [0, 0.05) is 0 Å². The molecule has 0 aliphatic rings. The summed E-state index contributed by atoms with van der Waals surface area (Å²) in [4.78, 5) is 0. The van der Waals surface area contributed by atoms with Gasteiger partial charge in [0.15, 0.2) is 5.60 Å². The minimum Gasteiger partial charge on any atom is -0.493 e. The van der Waals surface area contributed by atoms with E-state index < -0.39 is 23.6 Å². The fourth-order valence-corrected chi connectivity index (χ4v) is 2.32. The molecule has 1 rings (SSSR count). The van der Waals surface area contributed by atoms with Gasteiger partial charge in [0.25, 0.3) is 0 Å². The third-order valence-corrected chi connectivity index (χ3v) is 3.82. The zero-order valence-electron chi connectivity index (χ0n) is 14.7. The zero-order valence-corrected chi connectivity index (χ0v) is 14.7. The molecule has 1 atom stereocenters. The van der Waals surface area contributed by atoms with Crippen molar-refractivity contribution in [3.63, 3.8) is 0 Å². The van der Waals surface area contributed by atoms with Crippen LogP contribution in [0.5, 0.6) is 5.75 Å². The Morgan fingerprint density at radius 1 is 1.13 bits per heavy atom. The molecule has 0 heterocycles. The molecule has 0 amide bonds. The zero-order chi connectivity index (χ0) is 18.1. The molecule has 1 aromatic carbocycles. The summed E-state index contributed by atoms with van der Waals surface area (Å²) in [6.45, 7) is 11.6. The summed E-state index contributed by atoms with van der Waals surface area (Å²) in [6, 6.07) is 4.26. The number of halogens is 3. The molecule has 0 aromatic heterocycles. The van der Waals surface area contributed by atoms with Crippen LogP contribution in [0.25, 0.3) is 0 Å². The van der Waals surface area contributed by atoms with Gasteiger partial charge in [-0.15, -0.1) is 0 Å². The van der Waals surface area contributed by atoms with Crippen molar-refractivity contribution in [1.29, 1.82) is 0 Å². The van der Waals surface area contributed by atoms with E-state index in [0.717, 1.165) is 0 Å². The summed E-state index contributed by atoms with van der Waals surface area (Å²) in [6.07, 6.45) is -5.16. The Balaban J connectivity index is 3.39. The van der Waals surface area contributed by atoms with Gasteiger partial charge >= 0.3 is 6.18 Å². The summed E-state index contributed by atoms with van der Waals surface area (Å²) in [5.74, 6) is 0.876. The molecule has 5 heteroatoms. The van der Waals surface area contributed by atoms with Crippen molar-refractivity contribution in [3.05, 3.63) is 29.3 Å². The van der Waals surface area contributed by atoms with Crippen molar-refractivity contribution in [2.75, 3.05) is 6.61 Å². The van der Waals surface area contributed by atoms with Crippen molar-refractivity contribution < 1.29 is 23.0 Å². The van der Waals surface area contributed by atoms with E-state index in [0.29, 0.717) is 23.8 Å². The predicted molar refractivity (Wildman–Crippen MR) is 85.7 cm³/mol. The Bertz CT molecular complexity index is 530. The molecule has 0 fully saturated rings. The molecule has 0 bridgehead atoms. The second-order valence-corrected chi connectivity index (χ2v) is 7.38. The summed E-state index contributed by atoms with van der Waals surface area (Å²) >= 11 is 0. The van der Waals surface area contributed by atoms with Crippen LogP contribution in [0.4, 0.5) is 13.2 Å². The molecule has 2 nitrogen and oxygen atoms in total. The lowest BCUT2D eigenvalue weighted by molar-refractivity contribution is -0.267. The van der Waals surface area contributed by atoms with Gasteiger partial charge in [0.2, 0.25) is 0 Å². The number of hydrogen-bond acceptors (Lipinski definition) is 2. The number of aliphatic hydroxyl groups is 1. The topological polar surface area (TPSA) is 29.5 Å². The third kappa shape index (κ3) is 4.40. The van der Waals surface area contributed by atoms with Gasteiger partial charge in [-0.2, -0.15) is 13.2 Å². The van der Waals surface area contributed by atoms with Gasteiger partial charge in [-0.05, 0) is 41.0 Å². The molecule has 0 saturated carbocycles. The van der Waals surface area contributed by atoms with Crippen molar-refractivity contribution in [2.24, 2.45) is 5.92 Å². The maximum absolute atomic E-state index is 13.3. The molecule has 1 aromatic rings. The third-order valence-electron chi connectivity index (χ3n) is 3.82. The van der Waals surface area contributed by atoms with E-state index in [1.807, 2.05) is 34.6 Å². The normalized spacial score (nSPS) is 15.6. The number of hydrogen-bond donors (Lipinski definition) is 1. The molecule has 0 aliphatic heterocycles. The monoisotopic (exact) mass is 332 g/mol.